The minimum atomic E-state index is -4.38. The van der Waals surface area contributed by atoms with E-state index in [2.05, 4.69) is 6.58 Å². The molecule has 0 saturated heterocycles. The number of halogens is 3. The van der Waals surface area contributed by atoms with Gasteiger partial charge in [0.25, 0.3) is 0 Å². The number of rotatable bonds is 4. The van der Waals surface area contributed by atoms with Gasteiger partial charge in [0.2, 0.25) is 0 Å². The standard InChI is InChI=1S/C13H15F3O/c1-9(2)10(7-8-17)11-5-3-4-6-12(11)13(14,15)16/h3-6,10,17H,1,7-8H2,2H3. The van der Waals surface area contributed by atoms with E-state index in [1.807, 2.05) is 0 Å². The molecule has 17 heavy (non-hydrogen) atoms. The van der Waals surface area contributed by atoms with Gasteiger partial charge in [-0.25, -0.2) is 0 Å². The van der Waals surface area contributed by atoms with Crippen LogP contribution in [-0.2, 0) is 6.18 Å². The average molecular weight is 244 g/mol. The molecule has 1 unspecified atom stereocenters. The average Bonchev–Trinajstić information content (AvgIpc) is 2.24. The summed E-state index contributed by atoms with van der Waals surface area (Å²) in [4.78, 5) is 0. The second kappa shape index (κ2) is 5.36. The van der Waals surface area contributed by atoms with Crippen molar-refractivity contribution in [1.82, 2.24) is 0 Å². The number of alkyl halides is 3. The van der Waals surface area contributed by atoms with E-state index in [1.165, 1.54) is 12.1 Å². The van der Waals surface area contributed by atoms with Gasteiger partial charge < -0.3 is 5.11 Å². The van der Waals surface area contributed by atoms with Crippen molar-refractivity contribution in [1.29, 1.82) is 0 Å². The monoisotopic (exact) mass is 244 g/mol. The highest BCUT2D eigenvalue weighted by Gasteiger charge is 2.34. The lowest BCUT2D eigenvalue weighted by Gasteiger charge is -2.21. The van der Waals surface area contributed by atoms with E-state index in [1.54, 1.807) is 13.0 Å². The summed E-state index contributed by atoms with van der Waals surface area (Å²) < 4.78 is 38.5. The van der Waals surface area contributed by atoms with Crippen LogP contribution in [0.25, 0.3) is 0 Å². The van der Waals surface area contributed by atoms with Crippen molar-refractivity contribution in [2.75, 3.05) is 6.61 Å². The van der Waals surface area contributed by atoms with Crippen molar-refractivity contribution in [2.45, 2.75) is 25.4 Å². The molecule has 94 valence electrons. The third-order valence-corrected chi connectivity index (χ3v) is 2.65. The maximum absolute atomic E-state index is 12.8. The first-order valence-electron chi connectivity index (χ1n) is 5.30. The van der Waals surface area contributed by atoms with E-state index in [4.69, 9.17) is 5.11 Å². The number of benzene rings is 1. The fourth-order valence-corrected chi connectivity index (χ4v) is 1.86. The summed E-state index contributed by atoms with van der Waals surface area (Å²) in [5.74, 6) is -0.460. The normalized spacial score (nSPS) is 13.5. The molecule has 0 aromatic heterocycles. The predicted octanol–water partition coefficient (Wildman–Crippen LogP) is 3.75. The number of aliphatic hydroxyl groups excluding tert-OH is 1. The van der Waals surface area contributed by atoms with Crippen molar-refractivity contribution < 1.29 is 18.3 Å². The smallest absolute Gasteiger partial charge is 0.396 e. The van der Waals surface area contributed by atoms with Crippen molar-refractivity contribution in [3.63, 3.8) is 0 Å². The highest BCUT2D eigenvalue weighted by atomic mass is 19.4. The Bertz CT molecular complexity index is 396. The molecule has 0 heterocycles. The van der Waals surface area contributed by atoms with Crippen LogP contribution in [0.3, 0.4) is 0 Å². The fourth-order valence-electron chi connectivity index (χ4n) is 1.86. The van der Waals surface area contributed by atoms with Gasteiger partial charge in [0.15, 0.2) is 0 Å². The molecule has 0 aliphatic heterocycles. The van der Waals surface area contributed by atoms with Crippen LogP contribution in [0.2, 0.25) is 0 Å². The summed E-state index contributed by atoms with van der Waals surface area (Å²) in [5, 5.41) is 8.92. The highest BCUT2D eigenvalue weighted by molar-refractivity contribution is 5.36. The van der Waals surface area contributed by atoms with Crippen LogP contribution in [0.15, 0.2) is 36.4 Å². The van der Waals surface area contributed by atoms with Crippen LogP contribution in [0, 0.1) is 0 Å². The van der Waals surface area contributed by atoms with Crippen LogP contribution in [0.5, 0.6) is 0 Å². The van der Waals surface area contributed by atoms with Gasteiger partial charge in [0.1, 0.15) is 0 Å². The molecule has 0 aliphatic rings. The maximum atomic E-state index is 12.8. The lowest BCUT2D eigenvalue weighted by Crippen LogP contribution is -2.13. The maximum Gasteiger partial charge on any atom is 0.416 e. The number of allylic oxidation sites excluding steroid dienone is 1. The third kappa shape index (κ3) is 3.33. The Morgan fingerprint density at radius 2 is 1.94 bits per heavy atom. The Morgan fingerprint density at radius 3 is 2.41 bits per heavy atom. The van der Waals surface area contributed by atoms with E-state index < -0.39 is 17.7 Å². The zero-order valence-corrected chi connectivity index (χ0v) is 9.59. The quantitative estimate of drug-likeness (QED) is 0.800. The largest absolute Gasteiger partial charge is 0.416 e. The van der Waals surface area contributed by atoms with Crippen molar-refractivity contribution in [2.24, 2.45) is 0 Å². The second-order valence-electron chi connectivity index (χ2n) is 4.00. The molecule has 0 amide bonds. The predicted molar refractivity (Wildman–Crippen MR) is 60.7 cm³/mol. The number of hydrogen-bond acceptors (Lipinski definition) is 1. The third-order valence-electron chi connectivity index (χ3n) is 2.65. The zero-order chi connectivity index (χ0) is 13.1. The molecule has 0 bridgehead atoms. The Labute approximate surface area is 98.6 Å². The number of hydrogen-bond donors (Lipinski definition) is 1. The van der Waals surface area contributed by atoms with Gasteiger partial charge in [0, 0.05) is 12.5 Å². The van der Waals surface area contributed by atoms with Crippen LogP contribution >= 0.6 is 0 Å². The Morgan fingerprint density at radius 1 is 1.35 bits per heavy atom. The molecule has 1 nitrogen and oxygen atoms in total. The first kappa shape index (κ1) is 13.8. The van der Waals surface area contributed by atoms with E-state index in [-0.39, 0.29) is 18.6 Å². The summed E-state index contributed by atoms with van der Waals surface area (Å²) in [5.41, 5.74) is 0.152. The van der Waals surface area contributed by atoms with E-state index in [0.717, 1.165) is 6.07 Å². The molecule has 0 radical (unpaired) electrons. The van der Waals surface area contributed by atoms with Crippen LogP contribution in [0.1, 0.15) is 30.4 Å². The van der Waals surface area contributed by atoms with Gasteiger partial charge in [-0.05, 0) is 25.0 Å². The molecule has 1 atom stereocenters. The Balaban J connectivity index is 3.23. The molecule has 0 fully saturated rings. The van der Waals surface area contributed by atoms with E-state index >= 15 is 0 Å². The first-order valence-corrected chi connectivity index (χ1v) is 5.30. The molecule has 1 N–H and O–H groups in total. The minimum absolute atomic E-state index is 0.163. The summed E-state index contributed by atoms with van der Waals surface area (Å²) in [7, 11) is 0. The molecule has 0 saturated carbocycles. The lowest BCUT2D eigenvalue weighted by atomic mass is 9.87. The number of aliphatic hydroxyl groups is 1. The van der Waals surface area contributed by atoms with E-state index in [0.29, 0.717) is 5.57 Å². The molecular formula is C13H15F3O. The molecule has 0 spiro atoms. The van der Waals surface area contributed by atoms with Crippen molar-refractivity contribution >= 4 is 0 Å². The Hall–Kier alpha value is -1.29. The fraction of sp³-hybridized carbons (Fsp3) is 0.385. The molecule has 1 rings (SSSR count). The van der Waals surface area contributed by atoms with Crippen molar-refractivity contribution in [3.8, 4) is 0 Å². The first-order chi connectivity index (χ1) is 7.88. The highest BCUT2D eigenvalue weighted by Crippen LogP contribution is 2.38. The zero-order valence-electron chi connectivity index (χ0n) is 9.59. The van der Waals surface area contributed by atoms with Crippen LogP contribution in [-0.4, -0.2) is 11.7 Å². The van der Waals surface area contributed by atoms with Gasteiger partial charge in [-0.3, -0.25) is 0 Å². The van der Waals surface area contributed by atoms with Gasteiger partial charge in [-0.1, -0.05) is 30.4 Å². The molecule has 1 aromatic rings. The SMILES string of the molecule is C=C(C)C(CCO)c1ccccc1C(F)(F)F. The van der Waals surface area contributed by atoms with Crippen LogP contribution < -0.4 is 0 Å². The van der Waals surface area contributed by atoms with Crippen molar-refractivity contribution in [3.05, 3.63) is 47.5 Å². The second-order valence-corrected chi connectivity index (χ2v) is 4.00. The summed E-state index contributed by atoms with van der Waals surface area (Å²) >= 11 is 0. The van der Waals surface area contributed by atoms with Crippen LogP contribution in [0.4, 0.5) is 13.2 Å². The molecular weight excluding hydrogens is 229 g/mol. The van der Waals surface area contributed by atoms with Gasteiger partial charge in [-0.15, -0.1) is 0 Å². The Kier molecular flexibility index (Phi) is 4.34. The van der Waals surface area contributed by atoms with E-state index in [9.17, 15) is 13.2 Å². The molecule has 0 aliphatic carbocycles. The summed E-state index contributed by atoms with van der Waals surface area (Å²) in [6.45, 7) is 5.21. The topological polar surface area (TPSA) is 20.2 Å². The minimum Gasteiger partial charge on any atom is -0.396 e. The van der Waals surface area contributed by atoms with Gasteiger partial charge in [-0.2, -0.15) is 13.2 Å². The van der Waals surface area contributed by atoms with Gasteiger partial charge in [0.05, 0.1) is 5.56 Å². The van der Waals surface area contributed by atoms with Gasteiger partial charge >= 0.3 is 6.18 Å². The lowest BCUT2D eigenvalue weighted by molar-refractivity contribution is -0.138. The summed E-state index contributed by atoms with van der Waals surface area (Å²) in [6.07, 6.45) is -4.12. The molecule has 4 heteroatoms. The molecule has 1 aromatic carbocycles. The summed E-state index contributed by atoms with van der Waals surface area (Å²) in [6, 6.07) is 5.43.